The molecule has 4 heteroatoms. The summed E-state index contributed by atoms with van der Waals surface area (Å²) in [6.07, 6.45) is 4.61. The number of rotatable bonds is 5. The Kier molecular flexibility index (Phi) is 3.86. The van der Waals surface area contributed by atoms with Crippen LogP contribution in [0, 0.1) is 0 Å². The second-order valence-corrected chi connectivity index (χ2v) is 5.18. The van der Waals surface area contributed by atoms with Crippen LogP contribution < -0.4 is 5.69 Å². The van der Waals surface area contributed by atoms with E-state index >= 15 is 0 Å². The van der Waals surface area contributed by atoms with Crippen LogP contribution in [0.1, 0.15) is 31.1 Å². The van der Waals surface area contributed by atoms with Crippen molar-refractivity contribution in [1.82, 2.24) is 9.55 Å². The molecule has 3 rings (SSSR count). The van der Waals surface area contributed by atoms with Gasteiger partial charge in [0.25, 0.3) is 0 Å². The van der Waals surface area contributed by atoms with E-state index in [1.165, 1.54) is 6.20 Å². The van der Waals surface area contributed by atoms with Gasteiger partial charge >= 0.3 is 5.69 Å². The van der Waals surface area contributed by atoms with Crippen molar-refractivity contribution < 1.29 is 4.42 Å². The Bertz CT molecular complexity index is 787. The Morgan fingerprint density at radius 1 is 1.24 bits per heavy atom. The summed E-state index contributed by atoms with van der Waals surface area (Å²) in [6, 6.07) is 11.9. The maximum Gasteiger partial charge on any atom is 0.348 e. The summed E-state index contributed by atoms with van der Waals surface area (Å²) in [4.78, 5) is 16.0. The molecule has 0 N–H and O–H groups in total. The molecule has 108 valence electrons. The Morgan fingerprint density at radius 3 is 2.81 bits per heavy atom. The smallest absolute Gasteiger partial charge is 0.348 e. The highest BCUT2D eigenvalue weighted by atomic mass is 16.3. The lowest BCUT2D eigenvalue weighted by atomic mass is 10.2. The number of hydrogen-bond acceptors (Lipinski definition) is 3. The van der Waals surface area contributed by atoms with Crippen molar-refractivity contribution in [2.24, 2.45) is 0 Å². The van der Waals surface area contributed by atoms with Gasteiger partial charge in [0.05, 0.1) is 18.3 Å². The van der Waals surface area contributed by atoms with Crippen molar-refractivity contribution in [1.29, 1.82) is 0 Å². The Balaban J connectivity index is 2.02. The molecule has 2 aromatic heterocycles. The van der Waals surface area contributed by atoms with E-state index in [4.69, 9.17) is 4.42 Å². The third kappa shape index (κ3) is 2.89. The van der Waals surface area contributed by atoms with E-state index in [1.807, 2.05) is 36.4 Å². The normalized spacial score (nSPS) is 11.1. The monoisotopic (exact) mass is 282 g/mol. The zero-order valence-corrected chi connectivity index (χ0v) is 12.1. The van der Waals surface area contributed by atoms with Gasteiger partial charge in [0.1, 0.15) is 5.76 Å². The fourth-order valence-corrected chi connectivity index (χ4v) is 2.43. The largest absolute Gasteiger partial charge is 0.458 e. The third-order valence-electron chi connectivity index (χ3n) is 3.57. The van der Waals surface area contributed by atoms with E-state index in [1.54, 1.807) is 4.57 Å². The van der Waals surface area contributed by atoms with Gasteiger partial charge in [-0.3, -0.25) is 4.57 Å². The van der Waals surface area contributed by atoms with Crippen molar-refractivity contribution in [2.45, 2.75) is 32.7 Å². The topological polar surface area (TPSA) is 48.0 Å². The van der Waals surface area contributed by atoms with E-state index in [0.29, 0.717) is 12.1 Å². The molecule has 0 amide bonds. The van der Waals surface area contributed by atoms with Crippen LogP contribution in [0.25, 0.3) is 11.1 Å². The highest BCUT2D eigenvalue weighted by Gasteiger charge is 2.10. The highest BCUT2D eigenvalue weighted by Crippen LogP contribution is 2.19. The first-order valence-corrected chi connectivity index (χ1v) is 7.30. The first kappa shape index (κ1) is 13.6. The molecule has 0 aliphatic rings. The number of unbranched alkanes of at least 4 members (excludes halogenated alkanes) is 1. The summed E-state index contributed by atoms with van der Waals surface area (Å²) < 4.78 is 7.45. The molecule has 0 spiro atoms. The van der Waals surface area contributed by atoms with E-state index in [2.05, 4.69) is 11.9 Å². The summed E-state index contributed by atoms with van der Waals surface area (Å²) in [5.74, 6) is 0.918. The fourth-order valence-electron chi connectivity index (χ4n) is 2.43. The third-order valence-corrected chi connectivity index (χ3v) is 3.57. The number of hydrogen-bond donors (Lipinski definition) is 0. The molecule has 4 nitrogen and oxygen atoms in total. The highest BCUT2D eigenvalue weighted by molar-refractivity contribution is 5.72. The molecule has 0 saturated heterocycles. The predicted octanol–water partition coefficient (Wildman–Crippen LogP) is 3.38. The van der Waals surface area contributed by atoms with Gasteiger partial charge in [0, 0.05) is 12.5 Å². The molecule has 2 heterocycles. The molecule has 21 heavy (non-hydrogen) atoms. The standard InChI is InChI=1S/C17H18N2O2/c1-2-3-9-14-10-15-16(21-14)11-18-17(20)19(15)12-13-7-5-4-6-8-13/h4-8,10-11H,2-3,9,12H2,1H3. The summed E-state index contributed by atoms with van der Waals surface area (Å²) in [6.45, 7) is 2.66. The van der Waals surface area contributed by atoms with Crippen LogP contribution in [0.4, 0.5) is 0 Å². The maximum atomic E-state index is 12.1. The zero-order chi connectivity index (χ0) is 14.7. The number of benzene rings is 1. The van der Waals surface area contributed by atoms with Crippen molar-refractivity contribution >= 4 is 11.1 Å². The average Bonchev–Trinajstić information content (AvgIpc) is 2.92. The Morgan fingerprint density at radius 2 is 2.05 bits per heavy atom. The van der Waals surface area contributed by atoms with Gasteiger partial charge in [0.2, 0.25) is 0 Å². The van der Waals surface area contributed by atoms with Crippen LogP contribution in [-0.4, -0.2) is 9.55 Å². The Hall–Kier alpha value is -2.36. The van der Waals surface area contributed by atoms with Crippen molar-refractivity contribution in [3.8, 4) is 0 Å². The average molecular weight is 282 g/mol. The van der Waals surface area contributed by atoms with Gasteiger partial charge in [-0.05, 0) is 12.0 Å². The van der Waals surface area contributed by atoms with Gasteiger partial charge in [-0.1, -0.05) is 43.7 Å². The van der Waals surface area contributed by atoms with Crippen LogP contribution in [0.15, 0.2) is 51.8 Å². The van der Waals surface area contributed by atoms with Crippen LogP contribution in [0.2, 0.25) is 0 Å². The molecule has 0 atom stereocenters. The zero-order valence-electron chi connectivity index (χ0n) is 12.1. The Labute approximate surface area is 123 Å². The van der Waals surface area contributed by atoms with E-state index in [0.717, 1.165) is 36.1 Å². The predicted molar refractivity (Wildman–Crippen MR) is 82.4 cm³/mol. The number of fused-ring (bicyclic) bond motifs is 1. The van der Waals surface area contributed by atoms with E-state index in [9.17, 15) is 4.79 Å². The molecule has 0 fully saturated rings. The first-order chi connectivity index (χ1) is 10.3. The van der Waals surface area contributed by atoms with Gasteiger partial charge in [0.15, 0.2) is 5.58 Å². The second-order valence-electron chi connectivity index (χ2n) is 5.18. The number of nitrogens with zero attached hydrogens (tertiary/aromatic N) is 2. The minimum absolute atomic E-state index is 0.241. The number of aromatic nitrogens is 2. The second kappa shape index (κ2) is 5.95. The van der Waals surface area contributed by atoms with Gasteiger partial charge in [-0.2, -0.15) is 4.98 Å². The quantitative estimate of drug-likeness (QED) is 0.720. The van der Waals surface area contributed by atoms with Gasteiger partial charge in [-0.25, -0.2) is 4.79 Å². The van der Waals surface area contributed by atoms with Gasteiger partial charge in [-0.15, -0.1) is 0 Å². The molecule has 0 aliphatic heterocycles. The van der Waals surface area contributed by atoms with Crippen LogP contribution >= 0.6 is 0 Å². The molecule has 1 aromatic carbocycles. The van der Waals surface area contributed by atoms with E-state index < -0.39 is 0 Å². The lowest BCUT2D eigenvalue weighted by molar-refractivity contribution is 0.534. The minimum atomic E-state index is -0.241. The number of aryl methyl sites for hydroxylation is 1. The molecule has 0 aliphatic carbocycles. The summed E-state index contributed by atoms with van der Waals surface area (Å²) in [5.41, 5.74) is 2.33. The summed E-state index contributed by atoms with van der Waals surface area (Å²) in [5, 5.41) is 0. The number of furan rings is 1. The molecule has 0 saturated carbocycles. The maximum absolute atomic E-state index is 12.1. The van der Waals surface area contributed by atoms with Crippen molar-refractivity contribution in [3.05, 3.63) is 64.4 Å². The van der Waals surface area contributed by atoms with Crippen molar-refractivity contribution in [3.63, 3.8) is 0 Å². The lowest BCUT2D eigenvalue weighted by Gasteiger charge is -2.05. The molecule has 0 bridgehead atoms. The van der Waals surface area contributed by atoms with Gasteiger partial charge < -0.3 is 4.42 Å². The summed E-state index contributed by atoms with van der Waals surface area (Å²) in [7, 11) is 0. The van der Waals surface area contributed by atoms with Crippen LogP contribution in [0.3, 0.4) is 0 Å². The molecular formula is C17H18N2O2. The summed E-state index contributed by atoms with van der Waals surface area (Å²) >= 11 is 0. The van der Waals surface area contributed by atoms with Crippen LogP contribution in [0.5, 0.6) is 0 Å². The SMILES string of the molecule is CCCCc1cc2c(cnc(=O)n2Cc2ccccc2)o1. The lowest BCUT2D eigenvalue weighted by Crippen LogP contribution is -2.22. The van der Waals surface area contributed by atoms with Crippen molar-refractivity contribution in [2.75, 3.05) is 0 Å². The van der Waals surface area contributed by atoms with Crippen LogP contribution in [-0.2, 0) is 13.0 Å². The minimum Gasteiger partial charge on any atom is -0.458 e. The van der Waals surface area contributed by atoms with E-state index in [-0.39, 0.29) is 5.69 Å². The molecule has 0 radical (unpaired) electrons. The molecular weight excluding hydrogens is 264 g/mol. The molecule has 0 unspecified atom stereocenters. The fraction of sp³-hybridized carbons (Fsp3) is 0.294. The first-order valence-electron chi connectivity index (χ1n) is 7.30. The molecule has 3 aromatic rings.